The Morgan fingerprint density at radius 1 is 1.29 bits per heavy atom. The van der Waals surface area contributed by atoms with Crippen LogP contribution >= 0.6 is 23.2 Å². The molecule has 1 aliphatic rings. The number of halogens is 3. The first-order valence-electron chi connectivity index (χ1n) is 10.6. The highest BCUT2D eigenvalue weighted by Gasteiger charge is 2.30. The number of H-pyrrole nitrogens is 1. The van der Waals surface area contributed by atoms with E-state index in [9.17, 15) is 4.79 Å². The molecule has 0 amide bonds. The molecule has 1 saturated carbocycles. The maximum atomic E-state index is 15.5. The van der Waals surface area contributed by atoms with Crippen LogP contribution in [0.25, 0.3) is 38.0 Å². The average Bonchev–Trinajstić information content (AvgIpc) is 3.55. The Bertz CT molecular complexity index is 1570. The molecule has 1 fully saturated rings. The van der Waals surface area contributed by atoms with Gasteiger partial charge in [0, 0.05) is 23.6 Å². The van der Waals surface area contributed by atoms with Gasteiger partial charge in [0.25, 0.3) is 5.56 Å². The topological polar surface area (TPSA) is 77.2 Å². The Kier molecular flexibility index (Phi) is 5.54. The summed E-state index contributed by atoms with van der Waals surface area (Å²) in [6, 6.07) is 4.76. The van der Waals surface area contributed by atoms with Gasteiger partial charge in [0.1, 0.15) is 11.6 Å². The van der Waals surface area contributed by atoms with Crippen molar-refractivity contribution in [2.24, 2.45) is 7.05 Å². The van der Waals surface area contributed by atoms with Crippen LogP contribution in [0.1, 0.15) is 25.5 Å². The highest BCUT2D eigenvalue weighted by molar-refractivity contribution is 6.36. The molecule has 0 saturated heterocycles. The van der Waals surface area contributed by atoms with Gasteiger partial charge in [-0.05, 0) is 43.0 Å². The number of aryl methyl sites for hydroxylation is 2. The van der Waals surface area contributed by atoms with Crippen LogP contribution in [0.15, 0.2) is 29.2 Å². The molecular weight excluding hydrogens is 480 g/mol. The highest BCUT2D eigenvalue weighted by atomic mass is 35.5. The largest absolute Gasteiger partial charge is 0.501 e. The van der Waals surface area contributed by atoms with Gasteiger partial charge in [-0.3, -0.25) is 9.48 Å². The third-order valence-electron chi connectivity index (χ3n) is 5.83. The van der Waals surface area contributed by atoms with Crippen molar-refractivity contribution in [2.75, 3.05) is 0 Å². The van der Waals surface area contributed by atoms with Crippen molar-refractivity contribution < 1.29 is 9.13 Å². The second-order valence-electron chi connectivity index (χ2n) is 8.09. The molecule has 2 heterocycles. The Hall–Kier alpha value is -3.41. The summed E-state index contributed by atoms with van der Waals surface area (Å²) in [4.78, 5) is 16.0. The molecule has 0 unspecified atom stereocenters. The van der Waals surface area contributed by atoms with E-state index in [0.717, 1.165) is 12.8 Å². The van der Waals surface area contributed by atoms with Crippen LogP contribution in [0.4, 0.5) is 10.1 Å². The van der Waals surface area contributed by atoms with E-state index in [1.165, 1.54) is 10.7 Å². The van der Waals surface area contributed by atoms with Crippen LogP contribution in [0.2, 0.25) is 10.0 Å². The lowest BCUT2D eigenvalue weighted by Gasteiger charge is -2.16. The summed E-state index contributed by atoms with van der Waals surface area (Å²) in [5.41, 5.74) is 1.77. The molecular formula is C24H18Cl2FN5O2. The first-order chi connectivity index (χ1) is 16.3. The van der Waals surface area contributed by atoms with Crippen LogP contribution in [0, 0.1) is 12.4 Å². The van der Waals surface area contributed by atoms with E-state index in [0.29, 0.717) is 39.7 Å². The highest BCUT2D eigenvalue weighted by Crippen LogP contribution is 2.48. The fourth-order valence-corrected chi connectivity index (χ4v) is 4.54. The third kappa shape index (κ3) is 3.61. The number of aromatic amines is 1. The molecule has 0 spiro atoms. The van der Waals surface area contributed by atoms with Crippen molar-refractivity contribution in [2.45, 2.75) is 32.3 Å². The van der Waals surface area contributed by atoms with Gasteiger partial charge in [0.2, 0.25) is 5.69 Å². The smallest absolute Gasteiger partial charge is 0.273 e. The minimum atomic E-state index is -0.736. The molecule has 4 aromatic rings. The number of nitrogens with one attached hydrogen (secondary N) is 1. The summed E-state index contributed by atoms with van der Waals surface area (Å²) in [6.45, 7) is 9.68. The van der Waals surface area contributed by atoms with Crippen molar-refractivity contribution in [1.29, 1.82) is 0 Å². The standard InChI is InChI=1S/C24H18Cl2FN5O2/c1-4-17-13-7-11(8-15(25)19(13)24(33)31-30-17)14-10-29-32(3)23(14)20-21(27)16(26)9-18(22(20)28-2)34-12-5-6-12/h7-10,12H,4-6H2,1,3H3,(H,31,33). The van der Waals surface area contributed by atoms with Crippen molar-refractivity contribution in [3.63, 3.8) is 0 Å². The quantitative estimate of drug-likeness (QED) is 0.338. The van der Waals surface area contributed by atoms with E-state index in [1.807, 2.05) is 6.92 Å². The van der Waals surface area contributed by atoms with Gasteiger partial charge in [-0.1, -0.05) is 30.1 Å². The van der Waals surface area contributed by atoms with Gasteiger partial charge in [-0.15, -0.1) is 0 Å². The Labute approximate surface area is 203 Å². The van der Waals surface area contributed by atoms with Gasteiger partial charge >= 0.3 is 0 Å². The lowest BCUT2D eigenvalue weighted by Crippen LogP contribution is -2.11. The van der Waals surface area contributed by atoms with Crippen LogP contribution in [-0.4, -0.2) is 26.1 Å². The van der Waals surface area contributed by atoms with Gasteiger partial charge in [-0.25, -0.2) is 14.3 Å². The fourth-order valence-electron chi connectivity index (χ4n) is 4.05. The van der Waals surface area contributed by atoms with E-state index in [4.69, 9.17) is 34.5 Å². The molecule has 1 N–H and O–H groups in total. The van der Waals surface area contributed by atoms with Crippen LogP contribution < -0.4 is 10.3 Å². The van der Waals surface area contributed by atoms with Crippen LogP contribution in [0.5, 0.6) is 5.75 Å². The van der Waals surface area contributed by atoms with E-state index >= 15 is 4.39 Å². The molecule has 10 heteroatoms. The zero-order chi connectivity index (χ0) is 24.1. The average molecular weight is 498 g/mol. The maximum Gasteiger partial charge on any atom is 0.273 e. The normalized spacial score (nSPS) is 13.3. The predicted molar refractivity (Wildman–Crippen MR) is 129 cm³/mol. The number of hydrogen-bond donors (Lipinski definition) is 1. The molecule has 1 aliphatic carbocycles. The monoisotopic (exact) mass is 497 g/mol. The second-order valence-corrected chi connectivity index (χ2v) is 8.90. The first kappa shape index (κ1) is 22.4. The Morgan fingerprint density at radius 2 is 2.06 bits per heavy atom. The summed E-state index contributed by atoms with van der Waals surface area (Å²) in [5, 5.41) is 11.9. The molecule has 5 rings (SSSR count). The van der Waals surface area contributed by atoms with Crippen molar-refractivity contribution in [3.8, 4) is 28.1 Å². The van der Waals surface area contributed by atoms with E-state index in [1.54, 1.807) is 25.4 Å². The molecule has 0 aliphatic heterocycles. The summed E-state index contributed by atoms with van der Waals surface area (Å²) in [5.74, 6) is -0.494. The number of ether oxygens (including phenoxy) is 1. The lowest BCUT2D eigenvalue weighted by atomic mass is 9.97. The van der Waals surface area contributed by atoms with Crippen LogP contribution in [0.3, 0.4) is 0 Å². The number of rotatable bonds is 5. The van der Waals surface area contributed by atoms with Gasteiger partial charge < -0.3 is 4.74 Å². The zero-order valence-electron chi connectivity index (χ0n) is 18.2. The van der Waals surface area contributed by atoms with Gasteiger partial charge in [-0.2, -0.15) is 10.2 Å². The molecule has 2 aromatic carbocycles. The molecule has 34 heavy (non-hydrogen) atoms. The number of hydrogen-bond acceptors (Lipinski definition) is 4. The Balaban J connectivity index is 1.79. The summed E-state index contributed by atoms with van der Waals surface area (Å²) >= 11 is 12.7. The van der Waals surface area contributed by atoms with Crippen molar-refractivity contribution >= 4 is 39.7 Å². The molecule has 0 atom stereocenters. The third-order valence-corrected chi connectivity index (χ3v) is 6.40. The van der Waals surface area contributed by atoms with E-state index in [2.05, 4.69) is 20.1 Å². The summed E-state index contributed by atoms with van der Waals surface area (Å²) in [6.07, 6.45) is 3.88. The maximum absolute atomic E-state index is 15.5. The van der Waals surface area contributed by atoms with Crippen LogP contribution in [-0.2, 0) is 13.5 Å². The molecule has 0 radical (unpaired) electrons. The summed E-state index contributed by atoms with van der Waals surface area (Å²) < 4.78 is 22.8. The first-order valence-corrected chi connectivity index (χ1v) is 11.4. The van der Waals surface area contributed by atoms with Crippen molar-refractivity contribution in [1.82, 2.24) is 20.0 Å². The SMILES string of the molecule is [C-]#[N+]c1c(OC2CC2)cc(Cl)c(F)c1-c1c(-c2cc(Cl)c3c(=O)[nH]nc(CC)c3c2)cnn1C. The molecule has 2 aromatic heterocycles. The van der Waals surface area contributed by atoms with Crippen molar-refractivity contribution in [3.05, 3.63) is 67.7 Å². The van der Waals surface area contributed by atoms with E-state index in [-0.39, 0.29) is 33.1 Å². The molecule has 0 bridgehead atoms. The lowest BCUT2D eigenvalue weighted by molar-refractivity contribution is 0.305. The molecule has 172 valence electrons. The minimum Gasteiger partial charge on any atom is -0.501 e. The molecule has 7 nitrogen and oxygen atoms in total. The Morgan fingerprint density at radius 3 is 2.74 bits per heavy atom. The minimum absolute atomic E-state index is 0.00163. The number of aromatic nitrogens is 4. The van der Waals surface area contributed by atoms with Gasteiger partial charge in [0.15, 0.2) is 0 Å². The predicted octanol–water partition coefficient (Wildman–Crippen LogP) is 6.09. The zero-order valence-corrected chi connectivity index (χ0v) is 19.8. The second kappa shape index (κ2) is 8.42. The number of nitrogens with zero attached hydrogens (tertiary/aromatic N) is 4. The number of benzene rings is 2. The number of fused-ring (bicyclic) bond motifs is 1. The van der Waals surface area contributed by atoms with E-state index < -0.39 is 11.4 Å². The van der Waals surface area contributed by atoms with Gasteiger partial charge in [0.05, 0.1) is 45.7 Å². The fraction of sp³-hybridized carbons (Fsp3) is 0.250. The summed E-state index contributed by atoms with van der Waals surface area (Å²) in [7, 11) is 1.65.